The highest BCUT2D eigenvalue weighted by molar-refractivity contribution is 5.91. The van der Waals surface area contributed by atoms with E-state index < -0.39 is 22.0 Å². The molecule has 2 aliphatic heterocycles. The maximum Gasteiger partial charge on any atom is 0.373 e. The van der Waals surface area contributed by atoms with Gasteiger partial charge in [-0.15, -0.1) is 0 Å². The zero-order valence-corrected chi connectivity index (χ0v) is 32.4. The molecule has 2 aromatic rings. The van der Waals surface area contributed by atoms with E-state index in [0.717, 1.165) is 17.5 Å². The molecule has 2 aromatic carbocycles. The maximum atomic E-state index is 12.9. The second-order valence-corrected chi connectivity index (χ2v) is 15.8. The Labute approximate surface area is 309 Å². The van der Waals surface area contributed by atoms with Crippen molar-refractivity contribution >= 4 is 29.9 Å². The second kappa shape index (κ2) is 18.9. The Morgan fingerprint density at radius 2 is 1.08 bits per heavy atom. The standard InChI is InChI=1S/C20H29NO4.C20H29NO3.CO2/c1-15(16-9-6-5-7-10-16)21-14-20(11-8-12-22,13-17(21)23)18(24)25-19(2,3)4;1-6-12-20(18(23)24-19(3,4)5)13-17(22)21(14-20)15(2)16-10-8-7-9-11-16;2-1-3/h5-7,9-10,15,22H,8,11-14H2,1-4H3;7-11,15H,6,12-14H2,1-5H3;/t2*15-,20+;/m11./s1. The number of aliphatic hydroxyl groups is 1. The number of ether oxygens (including phenoxy) is 2. The van der Waals surface area contributed by atoms with Crippen molar-refractivity contribution in [2.45, 2.75) is 124 Å². The molecule has 0 bridgehead atoms. The van der Waals surface area contributed by atoms with E-state index in [9.17, 15) is 24.3 Å². The quantitative estimate of drug-likeness (QED) is 0.253. The van der Waals surface area contributed by atoms with Gasteiger partial charge in [0.1, 0.15) is 11.2 Å². The van der Waals surface area contributed by atoms with E-state index in [1.54, 1.807) is 4.90 Å². The summed E-state index contributed by atoms with van der Waals surface area (Å²) in [6.45, 7) is 17.9. The van der Waals surface area contributed by atoms with Gasteiger partial charge in [0.25, 0.3) is 0 Å². The molecule has 11 heteroatoms. The predicted octanol–water partition coefficient (Wildman–Crippen LogP) is 6.61. The van der Waals surface area contributed by atoms with Gasteiger partial charge in [0.15, 0.2) is 0 Å². The number of amides is 2. The van der Waals surface area contributed by atoms with Crippen LogP contribution in [0.4, 0.5) is 0 Å². The Morgan fingerprint density at radius 3 is 1.38 bits per heavy atom. The van der Waals surface area contributed by atoms with Crippen molar-refractivity contribution in [3.8, 4) is 0 Å². The van der Waals surface area contributed by atoms with Crippen molar-refractivity contribution < 1.29 is 43.3 Å². The Balaban J connectivity index is 0.000000335. The molecule has 11 nitrogen and oxygen atoms in total. The van der Waals surface area contributed by atoms with Crippen LogP contribution in [0.3, 0.4) is 0 Å². The molecule has 0 radical (unpaired) electrons. The van der Waals surface area contributed by atoms with E-state index >= 15 is 0 Å². The van der Waals surface area contributed by atoms with Crippen LogP contribution >= 0.6 is 0 Å². The van der Waals surface area contributed by atoms with Crippen LogP contribution in [-0.4, -0.2) is 75.7 Å². The van der Waals surface area contributed by atoms with Gasteiger partial charge in [-0.25, -0.2) is 0 Å². The van der Waals surface area contributed by atoms with Crippen LogP contribution in [0, 0.1) is 10.8 Å². The largest absolute Gasteiger partial charge is 0.459 e. The molecule has 2 saturated heterocycles. The predicted molar refractivity (Wildman–Crippen MR) is 195 cm³/mol. The number of esters is 2. The van der Waals surface area contributed by atoms with Crippen LogP contribution in [0.15, 0.2) is 60.7 Å². The van der Waals surface area contributed by atoms with Crippen molar-refractivity contribution in [3.63, 3.8) is 0 Å². The summed E-state index contributed by atoms with van der Waals surface area (Å²) < 4.78 is 11.2. The lowest BCUT2D eigenvalue weighted by atomic mass is 9.82. The summed E-state index contributed by atoms with van der Waals surface area (Å²) in [5.74, 6) is -0.594. The highest BCUT2D eigenvalue weighted by atomic mass is 16.6. The Kier molecular flexibility index (Phi) is 16.0. The van der Waals surface area contributed by atoms with Crippen molar-refractivity contribution in [1.29, 1.82) is 0 Å². The smallest absolute Gasteiger partial charge is 0.373 e. The Morgan fingerprint density at radius 1 is 0.731 bits per heavy atom. The Bertz CT molecular complexity index is 1510. The van der Waals surface area contributed by atoms with Gasteiger partial charge < -0.3 is 24.4 Å². The molecule has 0 aliphatic carbocycles. The van der Waals surface area contributed by atoms with E-state index in [2.05, 4.69) is 0 Å². The number of rotatable bonds is 11. The molecule has 0 spiro atoms. The molecule has 2 aliphatic rings. The highest BCUT2D eigenvalue weighted by Crippen LogP contribution is 2.43. The van der Waals surface area contributed by atoms with E-state index in [0.29, 0.717) is 32.4 Å². The highest BCUT2D eigenvalue weighted by Gasteiger charge is 2.52. The molecular weight excluding hydrogens is 664 g/mol. The molecule has 0 unspecified atom stereocenters. The third-order valence-electron chi connectivity index (χ3n) is 9.27. The van der Waals surface area contributed by atoms with Crippen LogP contribution in [0.2, 0.25) is 0 Å². The first kappa shape index (κ1) is 43.8. The summed E-state index contributed by atoms with van der Waals surface area (Å²) >= 11 is 0. The summed E-state index contributed by atoms with van der Waals surface area (Å²) in [4.78, 5) is 70.9. The number of carbonyl (C=O) groups is 4. The molecule has 52 heavy (non-hydrogen) atoms. The van der Waals surface area contributed by atoms with Crippen molar-refractivity contribution in [1.82, 2.24) is 9.80 Å². The van der Waals surface area contributed by atoms with Crippen LogP contribution < -0.4 is 0 Å². The van der Waals surface area contributed by atoms with Gasteiger partial charge in [-0.2, -0.15) is 9.59 Å². The summed E-state index contributed by atoms with van der Waals surface area (Å²) in [6.07, 6.45) is 3.07. The number of aliphatic hydroxyl groups excluding tert-OH is 1. The van der Waals surface area contributed by atoms with Crippen molar-refractivity contribution in [3.05, 3.63) is 71.8 Å². The van der Waals surface area contributed by atoms with Crippen LogP contribution in [0.1, 0.15) is 124 Å². The van der Waals surface area contributed by atoms with Crippen LogP contribution in [0.25, 0.3) is 0 Å². The molecule has 4 atom stereocenters. The minimum atomic E-state index is -0.879. The van der Waals surface area contributed by atoms with E-state index in [-0.39, 0.29) is 61.4 Å². The molecule has 2 amide bonds. The number of nitrogens with zero attached hydrogens (tertiary/aromatic N) is 2. The molecule has 2 heterocycles. The molecule has 2 fully saturated rings. The van der Waals surface area contributed by atoms with Crippen molar-refractivity contribution in [2.75, 3.05) is 19.7 Å². The normalized spacial score (nSPS) is 21.2. The third kappa shape index (κ3) is 12.1. The lowest BCUT2D eigenvalue weighted by Gasteiger charge is -2.32. The number of carbonyl (C=O) groups excluding carboxylic acids is 6. The minimum Gasteiger partial charge on any atom is -0.459 e. The lowest BCUT2D eigenvalue weighted by molar-refractivity contribution is -0.192. The maximum absolute atomic E-state index is 12.9. The fraction of sp³-hybridized carbons (Fsp3) is 0.585. The Hall–Kier alpha value is -4.34. The molecule has 0 saturated carbocycles. The average molecular weight is 723 g/mol. The fourth-order valence-corrected chi connectivity index (χ4v) is 6.73. The molecular formula is C41H58N2O9. The third-order valence-corrected chi connectivity index (χ3v) is 9.27. The SMILES string of the molecule is CCC[C@]1(C(=O)OC(C)(C)C)CC(=O)N([C@H](C)c2ccccc2)C1.C[C@H](c1ccccc1)N1C[C@@](CCCO)(C(=O)OC(C)(C)C)CC1=O.O=C=O. The second-order valence-electron chi connectivity index (χ2n) is 15.8. The van der Waals surface area contributed by atoms with E-state index in [4.69, 9.17) is 19.1 Å². The molecule has 0 aromatic heterocycles. The molecule has 4 rings (SSSR count). The summed E-state index contributed by atoms with van der Waals surface area (Å²) in [5.41, 5.74) is -0.622. The summed E-state index contributed by atoms with van der Waals surface area (Å²) in [6, 6.07) is 19.6. The number of hydrogen-bond donors (Lipinski definition) is 1. The zero-order chi connectivity index (χ0) is 39.3. The van der Waals surface area contributed by atoms with Crippen LogP contribution in [-0.2, 0) is 38.2 Å². The fourth-order valence-electron chi connectivity index (χ4n) is 6.73. The lowest BCUT2D eigenvalue weighted by Crippen LogP contribution is -2.40. The average Bonchev–Trinajstić information content (AvgIpc) is 3.60. The first-order valence-electron chi connectivity index (χ1n) is 18.0. The van der Waals surface area contributed by atoms with Gasteiger partial charge in [-0.05, 0) is 85.8 Å². The molecule has 286 valence electrons. The number of hydrogen-bond acceptors (Lipinski definition) is 9. The van der Waals surface area contributed by atoms with E-state index in [1.165, 1.54) is 0 Å². The molecule has 1 N–H and O–H groups in total. The van der Waals surface area contributed by atoms with Gasteiger partial charge in [0, 0.05) is 32.5 Å². The van der Waals surface area contributed by atoms with Crippen LogP contribution in [0.5, 0.6) is 0 Å². The van der Waals surface area contributed by atoms with Crippen molar-refractivity contribution in [2.24, 2.45) is 10.8 Å². The first-order chi connectivity index (χ1) is 24.3. The van der Waals surface area contributed by atoms with Gasteiger partial charge in [-0.1, -0.05) is 74.0 Å². The minimum absolute atomic E-state index is 0.00697. The van der Waals surface area contributed by atoms with E-state index in [1.807, 2.05) is 128 Å². The summed E-state index contributed by atoms with van der Waals surface area (Å²) in [5, 5.41) is 9.22. The van der Waals surface area contributed by atoms with Gasteiger partial charge >= 0.3 is 18.1 Å². The van der Waals surface area contributed by atoms with Gasteiger partial charge in [-0.3, -0.25) is 19.2 Å². The monoisotopic (exact) mass is 722 g/mol. The zero-order valence-electron chi connectivity index (χ0n) is 32.4. The topological polar surface area (TPSA) is 148 Å². The number of likely N-dealkylation sites (tertiary alicyclic amines) is 2. The first-order valence-corrected chi connectivity index (χ1v) is 18.0. The van der Waals surface area contributed by atoms with Gasteiger partial charge in [0.05, 0.1) is 22.9 Å². The number of benzene rings is 2. The summed E-state index contributed by atoms with van der Waals surface area (Å²) in [7, 11) is 0. The van der Waals surface area contributed by atoms with Gasteiger partial charge in [0.2, 0.25) is 11.8 Å².